The maximum atomic E-state index is 13.0. The van der Waals surface area contributed by atoms with E-state index in [2.05, 4.69) is 27.5 Å². The van der Waals surface area contributed by atoms with Gasteiger partial charge in [0.1, 0.15) is 6.04 Å². The molecular weight excluding hydrogens is 512 g/mol. The number of fused-ring (bicyclic) bond motifs is 1. The van der Waals surface area contributed by atoms with Gasteiger partial charge in [0.25, 0.3) is 11.8 Å². The molecule has 1 aromatic carbocycles. The normalized spacial score (nSPS) is 23.0. The highest BCUT2D eigenvalue weighted by molar-refractivity contribution is 6.23. The fourth-order valence-corrected chi connectivity index (χ4v) is 6.22. The van der Waals surface area contributed by atoms with Crippen LogP contribution in [-0.2, 0) is 14.4 Å². The van der Waals surface area contributed by atoms with Crippen LogP contribution in [-0.4, -0.2) is 114 Å². The van der Waals surface area contributed by atoms with Crippen LogP contribution in [0.3, 0.4) is 0 Å². The third-order valence-corrected chi connectivity index (χ3v) is 8.71. The number of hydrogen-bond donors (Lipinski definition) is 2. The molecule has 0 aliphatic carbocycles. The van der Waals surface area contributed by atoms with Crippen LogP contribution in [0.2, 0.25) is 0 Å². The van der Waals surface area contributed by atoms with E-state index in [1.807, 2.05) is 4.90 Å². The van der Waals surface area contributed by atoms with E-state index in [-0.39, 0.29) is 29.9 Å². The Balaban J connectivity index is 1.00. The van der Waals surface area contributed by atoms with Crippen LogP contribution < -0.4 is 10.6 Å². The first kappa shape index (κ1) is 28.2. The molecule has 11 nitrogen and oxygen atoms in total. The van der Waals surface area contributed by atoms with E-state index in [0.717, 1.165) is 82.0 Å². The van der Waals surface area contributed by atoms with Crippen molar-refractivity contribution in [3.05, 3.63) is 29.3 Å². The Bertz CT molecular complexity index is 1160. The highest BCUT2D eigenvalue weighted by Gasteiger charge is 2.44. The first-order valence-electron chi connectivity index (χ1n) is 14.6. The van der Waals surface area contributed by atoms with Crippen molar-refractivity contribution in [2.75, 3.05) is 58.2 Å². The number of likely N-dealkylation sites (N-methyl/N-ethyl adjacent to an activating group) is 1. The van der Waals surface area contributed by atoms with Crippen molar-refractivity contribution in [2.24, 2.45) is 0 Å². The Hall–Kier alpha value is -3.31. The summed E-state index contributed by atoms with van der Waals surface area (Å²) in [5.74, 6) is -1.77. The van der Waals surface area contributed by atoms with Crippen molar-refractivity contribution in [3.63, 3.8) is 0 Å². The van der Waals surface area contributed by atoms with Crippen molar-refractivity contribution in [2.45, 2.75) is 63.5 Å². The topological polar surface area (TPSA) is 122 Å². The molecule has 0 bridgehead atoms. The molecule has 216 valence electrons. The summed E-state index contributed by atoms with van der Waals surface area (Å²) in [6.07, 6.45) is 5.59. The number of anilines is 1. The van der Waals surface area contributed by atoms with Crippen LogP contribution in [0, 0.1) is 0 Å². The number of carbonyl (C=O) groups excluding carboxylic acids is 5. The Morgan fingerprint density at radius 3 is 2.35 bits per heavy atom. The average molecular weight is 553 g/mol. The molecule has 4 aliphatic rings. The molecule has 1 aromatic rings. The molecule has 1 atom stereocenters. The number of rotatable bonds is 9. The minimum Gasteiger partial charge on any atom is -0.385 e. The van der Waals surface area contributed by atoms with Gasteiger partial charge >= 0.3 is 0 Å². The molecule has 11 heteroatoms. The molecule has 0 spiro atoms. The number of nitrogens with zero attached hydrogens (tertiary/aromatic N) is 4. The Morgan fingerprint density at radius 1 is 0.900 bits per heavy atom. The highest BCUT2D eigenvalue weighted by atomic mass is 16.2. The van der Waals surface area contributed by atoms with Crippen molar-refractivity contribution < 1.29 is 24.0 Å². The number of piperidine rings is 2. The van der Waals surface area contributed by atoms with Gasteiger partial charge in [0.15, 0.2) is 0 Å². The Morgan fingerprint density at radius 2 is 1.62 bits per heavy atom. The maximum Gasteiger partial charge on any atom is 0.262 e. The van der Waals surface area contributed by atoms with E-state index < -0.39 is 29.7 Å². The zero-order valence-electron chi connectivity index (χ0n) is 23.3. The predicted molar refractivity (Wildman–Crippen MR) is 149 cm³/mol. The van der Waals surface area contributed by atoms with Crippen molar-refractivity contribution >= 4 is 35.2 Å². The van der Waals surface area contributed by atoms with E-state index in [4.69, 9.17) is 0 Å². The minimum atomic E-state index is -0.965. The van der Waals surface area contributed by atoms with Gasteiger partial charge < -0.3 is 15.1 Å². The molecule has 5 amide bonds. The molecule has 0 radical (unpaired) electrons. The SMILES string of the molecule is CN1CCN(C2CCN(C(=O)CCCCCNc3ccc4c(c3)C(=O)N(C3CCC(=O)NC3=O)C4=O)CC2)CC1. The predicted octanol–water partition coefficient (Wildman–Crippen LogP) is 1.30. The largest absolute Gasteiger partial charge is 0.385 e. The summed E-state index contributed by atoms with van der Waals surface area (Å²) in [5.41, 5.74) is 1.26. The lowest BCUT2D eigenvalue weighted by atomic mass is 10.0. The monoisotopic (exact) mass is 552 g/mol. The van der Waals surface area contributed by atoms with Crippen molar-refractivity contribution in [1.29, 1.82) is 0 Å². The number of amides is 5. The van der Waals surface area contributed by atoms with E-state index >= 15 is 0 Å². The minimum absolute atomic E-state index is 0.0949. The summed E-state index contributed by atoms with van der Waals surface area (Å²) in [7, 11) is 2.17. The molecule has 5 rings (SSSR count). The molecule has 4 aliphatic heterocycles. The maximum absolute atomic E-state index is 13.0. The summed E-state index contributed by atoms with van der Waals surface area (Å²) < 4.78 is 0. The summed E-state index contributed by atoms with van der Waals surface area (Å²) in [6, 6.07) is 4.66. The van der Waals surface area contributed by atoms with Crippen LogP contribution in [0.25, 0.3) is 0 Å². The van der Waals surface area contributed by atoms with Gasteiger partial charge in [-0.15, -0.1) is 0 Å². The molecule has 1 unspecified atom stereocenters. The number of benzene rings is 1. The Labute approximate surface area is 235 Å². The van der Waals surface area contributed by atoms with E-state index in [0.29, 0.717) is 19.0 Å². The van der Waals surface area contributed by atoms with Crippen LogP contribution in [0.1, 0.15) is 72.1 Å². The molecule has 3 saturated heterocycles. The fraction of sp³-hybridized carbons (Fsp3) is 0.621. The van der Waals surface area contributed by atoms with Gasteiger partial charge in [0.05, 0.1) is 11.1 Å². The third-order valence-electron chi connectivity index (χ3n) is 8.71. The van der Waals surface area contributed by atoms with Gasteiger partial charge in [0.2, 0.25) is 17.7 Å². The van der Waals surface area contributed by atoms with Crippen molar-refractivity contribution in [1.82, 2.24) is 24.9 Å². The van der Waals surface area contributed by atoms with Gasteiger partial charge in [-0.2, -0.15) is 0 Å². The summed E-state index contributed by atoms with van der Waals surface area (Å²) in [6.45, 7) is 6.91. The third kappa shape index (κ3) is 6.20. The molecule has 40 heavy (non-hydrogen) atoms. The molecular formula is C29H40N6O5. The first-order chi connectivity index (χ1) is 19.3. The second-order valence-electron chi connectivity index (χ2n) is 11.4. The summed E-state index contributed by atoms with van der Waals surface area (Å²) in [5, 5.41) is 5.51. The van der Waals surface area contributed by atoms with Crippen LogP contribution in [0.4, 0.5) is 5.69 Å². The average Bonchev–Trinajstić information content (AvgIpc) is 3.20. The second-order valence-corrected chi connectivity index (χ2v) is 11.4. The molecule has 3 fully saturated rings. The van der Waals surface area contributed by atoms with Crippen LogP contribution in [0.5, 0.6) is 0 Å². The van der Waals surface area contributed by atoms with Gasteiger partial charge in [-0.3, -0.25) is 39.1 Å². The van der Waals surface area contributed by atoms with E-state index in [1.165, 1.54) is 0 Å². The standard InChI is InChI=1S/C29H40N6O5/c1-32-15-17-33(18-16-32)21-10-13-34(14-11-21)26(37)5-3-2-4-12-30-20-6-7-22-23(19-20)29(40)35(28(22)39)24-8-9-25(36)31-27(24)38/h6-7,19,21,24,30H,2-5,8-18H2,1H3,(H,31,36,38). The summed E-state index contributed by atoms with van der Waals surface area (Å²) >= 11 is 0. The molecule has 4 heterocycles. The second kappa shape index (κ2) is 12.5. The van der Waals surface area contributed by atoms with Gasteiger partial charge in [-0.25, -0.2) is 0 Å². The van der Waals surface area contributed by atoms with Crippen molar-refractivity contribution in [3.8, 4) is 0 Å². The smallest absolute Gasteiger partial charge is 0.262 e. The van der Waals surface area contributed by atoms with Gasteiger partial charge in [0, 0.05) is 70.4 Å². The van der Waals surface area contributed by atoms with E-state index in [9.17, 15) is 24.0 Å². The number of piperazine rings is 1. The number of carbonyl (C=O) groups is 5. The van der Waals surface area contributed by atoms with Gasteiger partial charge in [-0.1, -0.05) is 6.42 Å². The van der Waals surface area contributed by atoms with Gasteiger partial charge in [-0.05, 0) is 57.4 Å². The quantitative estimate of drug-likeness (QED) is 0.347. The number of unbranched alkanes of at least 4 members (excludes halogenated alkanes) is 2. The number of hydrogen-bond acceptors (Lipinski definition) is 8. The zero-order valence-corrected chi connectivity index (χ0v) is 23.3. The molecule has 0 saturated carbocycles. The molecule has 0 aromatic heterocycles. The Kier molecular flexibility index (Phi) is 8.80. The van der Waals surface area contributed by atoms with Crippen LogP contribution >= 0.6 is 0 Å². The number of nitrogens with one attached hydrogen (secondary N) is 2. The van der Waals surface area contributed by atoms with Crippen LogP contribution in [0.15, 0.2) is 18.2 Å². The number of likely N-dealkylation sites (tertiary alicyclic amines) is 1. The lowest BCUT2D eigenvalue weighted by Gasteiger charge is -2.42. The van der Waals surface area contributed by atoms with E-state index in [1.54, 1.807) is 18.2 Å². The number of imide groups is 2. The fourth-order valence-electron chi connectivity index (χ4n) is 6.22. The molecule has 2 N–H and O–H groups in total. The lowest BCUT2D eigenvalue weighted by Crippen LogP contribution is -2.54. The highest BCUT2D eigenvalue weighted by Crippen LogP contribution is 2.29. The lowest BCUT2D eigenvalue weighted by molar-refractivity contribution is -0.136. The zero-order chi connectivity index (χ0) is 28.2. The first-order valence-corrected chi connectivity index (χ1v) is 14.6. The summed E-state index contributed by atoms with van der Waals surface area (Å²) in [4.78, 5) is 70.2.